The fourth-order valence-corrected chi connectivity index (χ4v) is 4.13. The molecule has 2 aromatic heterocycles. The average molecular weight is 384 g/mol. The SMILES string of the molecule is Cc1cc(C(=O)N2CCNCC2c2ccccc2Cl)c2c(C)nn(C)c2n1. The van der Waals surface area contributed by atoms with Gasteiger partial charge in [-0.2, -0.15) is 5.10 Å². The molecule has 0 radical (unpaired) electrons. The molecule has 0 aliphatic carbocycles. The molecule has 6 nitrogen and oxygen atoms in total. The maximum absolute atomic E-state index is 13.6. The summed E-state index contributed by atoms with van der Waals surface area (Å²) >= 11 is 6.43. The maximum atomic E-state index is 13.6. The smallest absolute Gasteiger partial charge is 0.255 e. The van der Waals surface area contributed by atoms with Crippen molar-refractivity contribution in [2.45, 2.75) is 19.9 Å². The van der Waals surface area contributed by atoms with Crippen LogP contribution in [-0.4, -0.2) is 45.2 Å². The van der Waals surface area contributed by atoms with Crippen molar-refractivity contribution < 1.29 is 4.79 Å². The zero-order chi connectivity index (χ0) is 19.1. The van der Waals surface area contributed by atoms with Crippen molar-refractivity contribution in [3.8, 4) is 0 Å². The third kappa shape index (κ3) is 3.09. The Hall–Kier alpha value is -2.44. The van der Waals surface area contributed by atoms with Crippen LogP contribution in [0.5, 0.6) is 0 Å². The van der Waals surface area contributed by atoms with Crippen molar-refractivity contribution in [1.29, 1.82) is 0 Å². The highest BCUT2D eigenvalue weighted by Crippen LogP contribution is 2.31. The Bertz CT molecular complexity index is 1030. The van der Waals surface area contributed by atoms with E-state index in [-0.39, 0.29) is 11.9 Å². The molecular weight excluding hydrogens is 362 g/mol. The van der Waals surface area contributed by atoms with Gasteiger partial charge in [0.1, 0.15) is 0 Å². The second-order valence-electron chi connectivity index (χ2n) is 6.96. The summed E-state index contributed by atoms with van der Waals surface area (Å²) in [6.07, 6.45) is 0. The lowest BCUT2D eigenvalue weighted by Gasteiger charge is -2.37. The molecule has 7 heteroatoms. The molecule has 3 aromatic rings. The van der Waals surface area contributed by atoms with Gasteiger partial charge in [-0.3, -0.25) is 9.48 Å². The van der Waals surface area contributed by atoms with Gasteiger partial charge < -0.3 is 10.2 Å². The van der Waals surface area contributed by atoms with Crippen molar-refractivity contribution in [2.24, 2.45) is 7.05 Å². The van der Waals surface area contributed by atoms with Gasteiger partial charge in [0.15, 0.2) is 5.65 Å². The fraction of sp³-hybridized carbons (Fsp3) is 0.350. The summed E-state index contributed by atoms with van der Waals surface area (Å²) in [5.41, 5.74) is 3.97. The summed E-state index contributed by atoms with van der Waals surface area (Å²) in [5, 5.41) is 9.34. The van der Waals surface area contributed by atoms with Crippen LogP contribution in [0.2, 0.25) is 5.02 Å². The van der Waals surface area contributed by atoms with E-state index in [2.05, 4.69) is 15.4 Å². The Labute approximate surface area is 163 Å². The van der Waals surface area contributed by atoms with E-state index in [1.807, 2.05) is 56.1 Å². The molecule has 1 unspecified atom stereocenters. The zero-order valence-electron chi connectivity index (χ0n) is 15.7. The van der Waals surface area contributed by atoms with Crippen LogP contribution in [0.15, 0.2) is 30.3 Å². The van der Waals surface area contributed by atoms with Gasteiger partial charge in [0, 0.05) is 37.4 Å². The fourth-order valence-electron chi connectivity index (χ4n) is 3.86. The first-order valence-corrected chi connectivity index (χ1v) is 9.42. The first kappa shape index (κ1) is 17.9. The van der Waals surface area contributed by atoms with Crippen molar-refractivity contribution in [1.82, 2.24) is 25.0 Å². The van der Waals surface area contributed by atoms with E-state index in [1.54, 1.807) is 4.68 Å². The van der Waals surface area contributed by atoms with Gasteiger partial charge in [-0.25, -0.2) is 4.98 Å². The molecule has 0 spiro atoms. The molecule has 27 heavy (non-hydrogen) atoms. The zero-order valence-corrected chi connectivity index (χ0v) is 16.4. The van der Waals surface area contributed by atoms with Crippen LogP contribution in [0.25, 0.3) is 11.0 Å². The quantitative estimate of drug-likeness (QED) is 0.738. The number of carbonyl (C=O) groups excluding carboxylic acids is 1. The van der Waals surface area contributed by atoms with Crippen molar-refractivity contribution in [3.63, 3.8) is 0 Å². The predicted octanol–water partition coefficient (Wildman–Crippen LogP) is 3.03. The van der Waals surface area contributed by atoms with E-state index in [0.29, 0.717) is 23.7 Å². The second-order valence-corrected chi connectivity index (χ2v) is 7.37. The Morgan fingerprint density at radius 3 is 2.85 bits per heavy atom. The lowest BCUT2D eigenvalue weighted by molar-refractivity contribution is 0.0636. The highest BCUT2D eigenvalue weighted by atomic mass is 35.5. The second kappa shape index (κ2) is 6.94. The number of fused-ring (bicyclic) bond motifs is 1. The van der Waals surface area contributed by atoms with E-state index in [9.17, 15) is 4.79 Å². The monoisotopic (exact) mass is 383 g/mol. The molecule has 1 amide bonds. The Balaban J connectivity index is 1.82. The van der Waals surface area contributed by atoms with Crippen LogP contribution in [0.3, 0.4) is 0 Å². The molecule has 1 aliphatic rings. The van der Waals surface area contributed by atoms with Crippen molar-refractivity contribution in [3.05, 3.63) is 57.9 Å². The number of nitrogens with one attached hydrogen (secondary N) is 1. The standard InChI is InChI=1S/C20H22ClN5O/c1-12-10-15(18-13(2)24-25(3)19(18)23-12)20(27)26-9-8-22-11-17(26)14-6-4-5-7-16(14)21/h4-7,10,17,22H,8-9,11H2,1-3H3. The highest BCUT2D eigenvalue weighted by molar-refractivity contribution is 6.31. The third-order valence-electron chi connectivity index (χ3n) is 5.10. The summed E-state index contributed by atoms with van der Waals surface area (Å²) < 4.78 is 1.73. The lowest BCUT2D eigenvalue weighted by atomic mass is 10.0. The number of benzene rings is 1. The van der Waals surface area contributed by atoms with Crippen LogP contribution in [0.1, 0.15) is 33.4 Å². The summed E-state index contributed by atoms with van der Waals surface area (Å²) in [4.78, 5) is 20.1. The van der Waals surface area contributed by atoms with Gasteiger partial charge in [-0.15, -0.1) is 0 Å². The average Bonchev–Trinajstić information content (AvgIpc) is 2.94. The van der Waals surface area contributed by atoms with E-state index >= 15 is 0 Å². The number of pyridine rings is 1. The third-order valence-corrected chi connectivity index (χ3v) is 5.44. The van der Waals surface area contributed by atoms with Gasteiger partial charge >= 0.3 is 0 Å². The number of aromatic nitrogens is 3. The van der Waals surface area contributed by atoms with Gasteiger partial charge in [0.2, 0.25) is 0 Å². The Morgan fingerprint density at radius 2 is 2.07 bits per heavy atom. The van der Waals surface area contributed by atoms with Gasteiger partial charge in [-0.05, 0) is 31.5 Å². The first-order chi connectivity index (χ1) is 13.0. The highest BCUT2D eigenvalue weighted by Gasteiger charge is 2.31. The van der Waals surface area contributed by atoms with Crippen LogP contribution < -0.4 is 5.32 Å². The molecule has 1 N–H and O–H groups in total. The van der Waals surface area contributed by atoms with Crippen molar-refractivity contribution in [2.75, 3.05) is 19.6 Å². The van der Waals surface area contributed by atoms with Crippen LogP contribution in [-0.2, 0) is 7.05 Å². The molecule has 0 saturated carbocycles. The summed E-state index contributed by atoms with van der Waals surface area (Å²) in [6.45, 7) is 5.87. The molecule has 1 saturated heterocycles. The molecule has 1 aliphatic heterocycles. The predicted molar refractivity (Wildman–Crippen MR) is 106 cm³/mol. The molecule has 1 atom stereocenters. The molecule has 140 valence electrons. The van der Waals surface area contributed by atoms with Crippen LogP contribution in [0, 0.1) is 13.8 Å². The number of rotatable bonds is 2. The summed E-state index contributed by atoms with van der Waals surface area (Å²) in [7, 11) is 1.85. The maximum Gasteiger partial charge on any atom is 0.255 e. The van der Waals surface area contributed by atoms with E-state index in [0.717, 1.165) is 34.5 Å². The number of aryl methyl sites for hydroxylation is 3. The number of piperazine rings is 1. The number of hydrogen-bond acceptors (Lipinski definition) is 4. The minimum Gasteiger partial charge on any atom is -0.329 e. The normalized spacial score (nSPS) is 17.5. The Kier molecular flexibility index (Phi) is 4.61. The van der Waals surface area contributed by atoms with Gasteiger partial charge in [-0.1, -0.05) is 29.8 Å². The van der Waals surface area contributed by atoms with Gasteiger partial charge in [0.25, 0.3) is 5.91 Å². The molecule has 1 fully saturated rings. The number of carbonyl (C=O) groups is 1. The first-order valence-electron chi connectivity index (χ1n) is 9.04. The van der Waals surface area contributed by atoms with E-state index in [1.165, 1.54) is 0 Å². The van der Waals surface area contributed by atoms with Crippen LogP contribution in [0.4, 0.5) is 0 Å². The number of halogens is 1. The number of nitrogens with zero attached hydrogens (tertiary/aromatic N) is 4. The van der Waals surface area contributed by atoms with Crippen molar-refractivity contribution >= 4 is 28.5 Å². The molecule has 1 aromatic carbocycles. The molecule has 3 heterocycles. The number of hydrogen-bond donors (Lipinski definition) is 1. The van der Waals surface area contributed by atoms with Crippen LogP contribution >= 0.6 is 11.6 Å². The minimum atomic E-state index is -0.111. The largest absolute Gasteiger partial charge is 0.329 e. The summed E-state index contributed by atoms with van der Waals surface area (Å²) in [5.74, 6) is -0.00646. The molecular formula is C20H22ClN5O. The Morgan fingerprint density at radius 1 is 1.30 bits per heavy atom. The topological polar surface area (TPSA) is 63.1 Å². The summed E-state index contributed by atoms with van der Waals surface area (Å²) in [6, 6.07) is 9.48. The molecule has 4 rings (SSSR count). The minimum absolute atomic E-state index is 0.00646. The van der Waals surface area contributed by atoms with Gasteiger partial charge in [0.05, 0.1) is 22.7 Å². The molecule has 0 bridgehead atoms. The van der Waals surface area contributed by atoms with E-state index in [4.69, 9.17) is 11.6 Å². The number of amides is 1. The lowest BCUT2D eigenvalue weighted by Crippen LogP contribution is -2.48. The van der Waals surface area contributed by atoms with E-state index < -0.39 is 0 Å².